The average Bonchev–Trinajstić information content (AvgIpc) is 2.46. The molecule has 4 heteroatoms. The third-order valence-electron chi connectivity index (χ3n) is 3.41. The molecule has 0 saturated carbocycles. The number of benzene rings is 2. The van der Waals surface area contributed by atoms with Crippen LogP contribution in [0.25, 0.3) is 10.8 Å². The van der Waals surface area contributed by atoms with Gasteiger partial charge in [-0.05, 0) is 41.8 Å². The quantitative estimate of drug-likeness (QED) is 0.857. The maximum atomic E-state index is 12.0. The van der Waals surface area contributed by atoms with E-state index in [1.54, 1.807) is 14.0 Å². The van der Waals surface area contributed by atoms with Crippen LogP contribution in [0.3, 0.4) is 0 Å². The number of hydrogen-bond acceptors (Lipinski definition) is 3. The van der Waals surface area contributed by atoms with Gasteiger partial charge >= 0.3 is 0 Å². The summed E-state index contributed by atoms with van der Waals surface area (Å²) in [5.41, 5.74) is 0.973. The van der Waals surface area contributed by atoms with Crippen molar-refractivity contribution in [1.82, 2.24) is 5.32 Å². The van der Waals surface area contributed by atoms with Gasteiger partial charge in [0, 0.05) is 6.54 Å². The molecule has 0 heterocycles. The highest BCUT2D eigenvalue weighted by Gasteiger charge is 2.08. The number of amides is 1. The number of aliphatic hydroxyl groups excluding tert-OH is 1. The van der Waals surface area contributed by atoms with Gasteiger partial charge < -0.3 is 15.2 Å². The normalized spacial score (nSPS) is 12.1. The Morgan fingerprint density at radius 3 is 2.86 bits per heavy atom. The number of carbonyl (C=O) groups is 1. The number of fused-ring (bicyclic) bond motifs is 1. The van der Waals surface area contributed by atoms with E-state index in [4.69, 9.17) is 4.74 Å². The van der Waals surface area contributed by atoms with E-state index in [1.165, 1.54) is 0 Å². The summed E-state index contributed by atoms with van der Waals surface area (Å²) in [5.74, 6) is 0.746. The molecule has 0 radical (unpaired) electrons. The van der Waals surface area contributed by atoms with Gasteiger partial charge in [-0.3, -0.25) is 4.79 Å². The standard InChI is InChI=1S/C17H21NO3/c1-12(19)8-9-18-17(20)10-14-5-3-4-13-6-7-15(21-2)11-16(13)14/h3-7,11-12,19H,8-10H2,1-2H3,(H,18,20). The zero-order valence-corrected chi connectivity index (χ0v) is 12.4. The second kappa shape index (κ2) is 7.09. The van der Waals surface area contributed by atoms with Gasteiger partial charge in [0.1, 0.15) is 5.75 Å². The van der Waals surface area contributed by atoms with E-state index in [0.29, 0.717) is 19.4 Å². The molecule has 0 spiro atoms. The molecule has 0 bridgehead atoms. The maximum absolute atomic E-state index is 12.0. The minimum absolute atomic E-state index is 0.0361. The van der Waals surface area contributed by atoms with E-state index in [1.807, 2.05) is 36.4 Å². The van der Waals surface area contributed by atoms with Crippen LogP contribution >= 0.6 is 0 Å². The molecular formula is C17H21NO3. The number of ether oxygens (including phenoxy) is 1. The van der Waals surface area contributed by atoms with Gasteiger partial charge in [-0.25, -0.2) is 0 Å². The molecule has 0 aromatic heterocycles. The van der Waals surface area contributed by atoms with Crippen LogP contribution in [-0.4, -0.2) is 30.8 Å². The Bertz CT molecular complexity index is 622. The van der Waals surface area contributed by atoms with Crippen molar-refractivity contribution in [2.24, 2.45) is 0 Å². The third kappa shape index (κ3) is 4.20. The smallest absolute Gasteiger partial charge is 0.224 e. The predicted octanol–water partition coefficient (Wildman–Crippen LogP) is 2.28. The Labute approximate surface area is 124 Å². The van der Waals surface area contributed by atoms with E-state index in [9.17, 15) is 9.90 Å². The Balaban J connectivity index is 2.12. The highest BCUT2D eigenvalue weighted by Crippen LogP contribution is 2.24. The summed E-state index contributed by atoms with van der Waals surface area (Å²) in [7, 11) is 1.63. The fourth-order valence-electron chi connectivity index (χ4n) is 2.25. The summed E-state index contributed by atoms with van der Waals surface area (Å²) >= 11 is 0. The summed E-state index contributed by atoms with van der Waals surface area (Å²) in [6.07, 6.45) is 0.492. The summed E-state index contributed by atoms with van der Waals surface area (Å²) < 4.78 is 5.25. The van der Waals surface area contributed by atoms with E-state index in [0.717, 1.165) is 22.1 Å². The van der Waals surface area contributed by atoms with Crippen LogP contribution in [0.2, 0.25) is 0 Å². The minimum Gasteiger partial charge on any atom is -0.497 e. The first-order valence-corrected chi connectivity index (χ1v) is 7.10. The molecule has 1 atom stereocenters. The monoisotopic (exact) mass is 287 g/mol. The van der Waals surface area contributed by atoms with Gasteiger partial charge in [0.2, 0.25) is 5.91 Å². The molecule has 1 unspecified atom stereocenters. The summed E-state index contributed by atoms with van der Waals surface area (Å²) in [6.45, 7) is 2.20. The lowest BCUT2D eigenvalue weighted by atomic mass is 10.0. The molecule has 2 aromatic carbocycles. The second-order valence-corrected chi connectivity index (χ2v) is 5.17. The van der Waals surface area contributed by atoms with Crippen molar-refractivity contribution >= 4 is 16.7 Å². The van der Waals surface area contributed by atoms with Gasteiger partial charge in [-0.15, -0.1) is 0 Å². The lowest BCUT2D eigenvalue weighted by Gasteiger charge is -2.10. The predicted molar refractivity (Wildman–Crippen MR) is 83.5 cm³/mol. The summed E-state index contributed by atoms with van der Waals surface area (Å²) in [4.78, 5) is 12.0. The van der Waals surface area contributed by atoms with Crippen LogP contribution in [0, 0.1) is 0 Å². The van der Waals surface area contributed by atoms with Crippen molar-refractivity contribution in [2.75, 3.05) is 13.7 Å². The highest BCUT2D eigenvalue weighted by atomic mass is 16.5. The molecule has 0 saturated heterocycles. The van der Waals surface area contributed by atoms with Crippen molar-refractivity contribution in [2.45, 2.75) is 25.9 Å². The van der Waals surface area contributed by atoms with Gasteiger partial charge in [-0.2, -0.15) is 0 Å². The topological polar surface area (TPSA) is 58.6 Å². The van der Waals surface area contributed by atoms with Crippen LogP contribution in [0.15, 0.2) is 36.4 Å². The van der Waals surface area contributed by atoms with E-state index in [-0.39, 0.29) is 5.91 Å². The molecule has 2 rings (SSSR count). The molecule has 2 aromatic rings. The first-order valence-electron chi connectivity index (χ1n) is 7.10. The van der Waals surface area contributed by atoms with Crippen LogP contribution in [0.1, 0.15) is 18.9 Å². The molecule has 21 heavy (non-hydrogen) atoms. The van der Waals surface area contributed by atoms with E-state index >= 15 is 0 Å². The Morgan fingerprint density at radius 2 is 2.14 bits per heavy atom. The Kier molecular flexibility index (Phi) is 5.17. The minimum atomic E-state index is -0.396. The van der Waals surface area contributed by atoms with Crippen molar-refractivity contribution < 1.29 is 14.6 Å². The summed E-state index contributed by atoms with van der Waals surface area (Å²) in [5, 5.41) is 14.1. The molecular weight excluding hydrogens is 266 g/mol. The molecule has 0 aliphatic heterocycles. The van der Waals surface area contributed by atoms with Crippen LogP contribution in [0.4, 0.5) is 0 Å². The molecule has 0 aliphatic rings. The van der Waals surface area contributed by atoms with Crippen LogP contribution < -0.4 is 10.1 Å². The molecule has 1 amide bonds. The molecule has 0 fully saturated rings. The number of methoxy groups -OCH3 is 1. The number of hydrogen-bond donors (Lipinski definition) is 2. The zero-order valence-electron chi connectivity index (χ0n) is 12.4. The zero-order chi connectivity index (χ0) is 15.2. The maximum Gasteiger partial charge on any atom is 0.224 e. The lowest BCUT2D eigenvalue weighted by molar-refractivity contribution is -0.120. The highest BCUT2D eigenvalue weighted by molar-refractivity contribution is 5.91. The van der Waals surface area contributed by atoms with Crippen molar-refractivity contribution in [1.29, 1.82) is 0 Å². The molecule has 112 valence electrons. The van der Waals surface area contributed by atoms with Crippen molar-refractivity contribution in [3.63, 3.8) is 0 Å². The molecule has 4 nitrogen and oxygen atoms in total. The Hall–Kier alpha value is -2.07. The molecule has 0 aliphatic carbocycles. The second-order valence-electron chi connectivity index (χ2n) is 5.17. The average molecular weight is 287 g/mol. The Morgan fingerprint density at radius 1 is 1.33 bits per heavy atom. The first-order chi connectivity index (χ1) is 10.1. The molecule has 2 N–H and O–H groups in total. The van der Waals surface area contributed by atoms with Gasteiger partial charge in [0.05, 0.1) is 19.6 Å². The van der Waals surface area contributed by atoms with Gasteiger partial charge in [0.15, 0.2) is 0 Å². The van der Waals surface area contributed by atoms with Gasteiger partial charge in [-0.1, -0.05) is 24.3 Å². The summed E-state index contributed by atoms with van der Waals surface area (Å²) in [6, 6.07) is 11.8. The fourth-order valence-corrected chi connectivity index (χ4v) is 2.25. The number of rotatable bonds is 6. The SMILES string of the molecule is COc1ccc2cccc(CC(=O)NCCC(C)O)c2c1. The van der Waals surface area contributed by atoms with E-state index < -0.39 is 6.10 Å². The van der Waals surface area contributed by atoms with Crippen molar-refractivity contribution in [3.05, 3.63) is 42.0 Å². The number of nitrogens with one attached hydrogen (secondary N) is 1. The number of carbonyl (C=O) groups excluding carboxylic acids is 1. The van der Waals surface area contributed by atoms with E-state index in [2.05, 4.69) is 5.32 Å². The fraction of sp³-hybridized carbons (Fsp3) is 0.353. The van der Waals surface area contributed by atoms with Crippen LogP contribution in [-0.2, 0) is 11.2 Å². The third-order valence-corrected chi connectivity index (χ3v) is 3.41. The lowest BCUT2D eigenvalue weighted by Crippen LogP contribution is -2.27. The van der Waals surface area contributed by atoms with Crippen LogP contribution in [0.5, 0.6) is 5.75 Å². The largest absolute Gasteiger partial charge is 0.497 e. The number of aliphatic hydroxyl groups is 1. The van der Waals surface area contributed by atoms with Crippen molar-refractivity contribution in [3.8, 4) is 5.75 Å². The van der Waals surface area contributed by atoms with Gasteiger partial charge in [0.25, 0.3) is 0 Å². The first kappa shape index (κ1) is 15.3.